The highest BCUT2D eigenvalue weighted by molar-refractivity contribution is 5.95. The monoisotopic (exact) mass is 411 g/mol. The van der Waals surface area contributed by atoms with Crippen LogP contribution < -0.4 is 19.9 Å². The van der Waals surface area contributed by atoms with Crippen molar-refractivity contribution in [3.05, 3.63) is 47.5 Å². The number of piperazine rings is 1. The van der Waals surface area contributed by atoms with E-state index >= 15 is 0 Å². The molecule has 0 bridgehead atoms. The number of carbonyl (C=O) groups excluding carboxylic acids is 1. The molecule has 2 aliphatic rings. The molecule has 2 aromatic carbocycles. The number of fused-ring (bicyclic) bond motifs is 1. The average Bonchev–Trinajstić information content (AvgIpc) is 3.27. The molecule has 1 atom stereocenters. The Bertz CT molecular complexity index is 917. The third-order valence-electron chi connectivity index (χ3n) is 5.97. The van der Waals surface area contributed by atoms with Crippen molar-refractivity contribution in [3.63, 3.8) is 0 Å². The fourth-order valence-electron chi connectivity index (χ4n) is 4.28. The van der Waals surface area contributed by atoms with Gasteiger partial charge in [0.05, 0.1) is 14.2 Å². The minimum Gasteiger partial charge on any atom is -0.493 e. The molecule has 0 saturated carbocycles. The Kier molecular flexibility index (Phi) is 6.11. The molecule has 1 amide bonds. The van der Waals surface area contributed by atoms with Crippen LogP contribution in [0.1, 0.15) is 28.8 Å². The van der Waals surface area contributed by atoms with Gasteiger partial charge in [-0.1, -0.05) is 6.07 Å². The van der Waals surface area contributed by atoms with E-state index in [1.165, 1.54) is 12.8 Å². The Morgan fingerprint density at radius 2 is 1.73 bits per heavy atom. The Labute approximate surface area is 177 Å². The van der Waals surface area contributed by atoms with Crippen molar-refractivity contribution < 1.29 is 19.0 Å². The third-order valence-corrected chi connectivity index (χ3v) is 5.97. The van der Waals surface area contributed by atoms with Gasteiger partial charge >= 0.3 is 0 Å². The molecule has 2 saturated heterocycles. The summed E-state index contributed by atoms with van der Waals surface area (Å²) in [7, 11) is 3.16. The quantitative estimate of drug-likeness (QED) is 0.788. The number of carbonyl (C=O) groups is 1. The molecular weight excluding hydrogens is 382 g/mol. The Balaban J connectivity index is 1.52. The van der Waals surface area contributed by atoms with Gasteiger partial charge in [-0.15, -0.1) is 0 Å². The summed E-state index contributed by atoms with van der Waals surface area (Å²) >= 11 is 0. The zero-order valence-corrected chi connectivity index (χ0v) is 17.6. The lowest BCUT2D eigenvalue weighted by molar-refractivity contribution is 0.0571. The first-order valence-corrected chi connectivity index (χ1v) is 10.4. The van der Waals surface area contributed by atoms with E-state index in [0.717, 1.165) is 31.7 Å². The van der Waals surface area contributed by atoms with E-state index in [-0.39, 0.29) is 5.91 Å². The van der Waals surface area contributed by atoms with Crippen LogP contribution in [-0.2, 0) is 6.54 Å². The van der Waals surface area contributed by atoms with E-state index in [2.05, 4.69) is 4.90 Å². The van der Waals surface area contributed by atoms with Gasteiger partial charge in [0.15, 0.2) is 23.0 Å². The van der Waals surface area contributed by atoms with Crippen molar-refractivity contribution in [2.45, 2.75) is 25.4 Å². The molecule has 0 aliphatic carbocycles. The van der Waals surface area contributed by atoms with Crippen LogP contribution in [-0.4, -0.2) is 62.1 Å². The second-order valence-electron chi connectivity index (χ2n) is 7.74. The fraction of sp³-hybridized carbons (Fsp3) is 0.435. The minimum absolute atomic E-state index is 0.0382. The first-order valence-electron chi connectivity index (χ1n) is 10.4. The van der Waals surface area contributed by atoms with Crippen molar-refractivity contribution in [1.29, 1.82) is 0 Å². The van der Waals surface area contributed by atoms with Crippen molar-refractivity contribution in [2.75, 3.05) is 40.4 Å². The summed E-state index contributed by atoms with van der Waals surface area (Å²) in [6.45, 7) is 4.09. The largest absolute Gasteiger partial charge is 0.493 e. The molecule has 2 heterocycles. The number of nitrogens with zero attached hydrogens (tertiary/aromatic N) is 2. The zero-order valence-electron chi connectivity index (χ0n) is 17.6. The van der Waals surface area contributed by atoms with Crippen LogP contribution in [0.2, 0.25) is 0 Å². The molecule has 4 rings (SSSR count). The van der Waals surface area contributed by atoms with E-state index in [1.54, 1.807) is 32.4 Å². The van der Waals surface area contributed by atoms with E-state index in [4.69, 9.17) is 19.9 Å². The molecule has 0 spiro atoms. The van der Waals surface area contributed by atoms with E-state index < -0.39 is 0 Å². The third kappa shape index (κ3) is 4.08. The lowest BCUT2D eigenvalue weighted by atomic mass is 10.1. The van der Waals surface area contributed by atoms with Gasteiger partial charge < -0.3 is 24.8 Å². The van der Waals surface area contributed by atoms with Gasteiger partial charge in [0, 0.05) is 37.8 Å². The standard InChI is InChI=1S/C23H29N3O4/c1-28-21-12-16(14-24)5-7-19(21)30-20-8-6-17(13-22(20)29-2)23(27)26-11-10-25-9-3-4-18(25)15-26/h5-8,12-13,18H,3-4,9-11,14-15,24H2,1-2H3. The van der Waals surface area contributed by atoms with Gasteiger partial charge in [-0.2, -0.15) is 0 Å². The highest BCUT2D eigenvalue weighted by Gasteiger charge is 2.33. The number of ether oxygens (including phenoxy) is 3. The molecule has 160 valence electrons. The molecule has 7 nitrogen and oxygen atoms in total. The Morgan fingerprint density at radius 3 is 2.47 bits per heavy atom. The van der Waals surface area contributed by atoms with Crippen molar-refractivity contribution >= 4 is 5.91 Å². The van der Waals surface area contributed by atoms with Crippen LogP contribution >= 0.6 is 0 Å². The normalized spacial score (nSPS) is 18.8. The van der Waals surface area contributed by atoms with Crippen LogP contribution in [0, 0.1) is 0 Å². The summed E-state index contributed by atoms with van der Waals surface area (Å²) in [6.07, 6.45) is 2.40. The number of hydrogen-bond donors (Lipinski definition) is 1. The Hall–Kier alpha value is -2.77. The summed E-state index contributed by atoms with van der Waals surface area (Å²) in [5.74, 6) is 2.22. The van der Waals surface area contributed by atoms with Crippen LogP contribution in [0.25, 0.3) is 0 Å². The molecule has 1 unspecified atom stereocenters. The number of amides is 1. The molecule has 2 N–H and O–H groups in total. The van der Waals surface area contributed by atoms with Crippen LogP contribution in [0.15, 0.2) is 36.4 Å². The smallest absolute Gasteiger partial charge is 0.254 e. The molecule has 30 heavy (non-hydrogen) atoms. The van der Waals surface area contributed by atoms with Crippen molar-refractivity contribution in [1.82, 2.24) is 9.80 Å². The number of nitrogens with two attached hydrogens (primary N) is 1. The van der Waals surface area contributed by atoms with Gasteiger partial charge in [0.1, 0.15) is 0 Å². The molecule has 0 radical (unpaired) electrons. The first-order chi connectivity index (χ1) is 14.6. The van der Waals surface area contributed by atoms with Gasteiger partial charge in [-0.25, -0.2) is 0 Å². The number of methoxy groups -OCH3 is 2. The van der Waals surface area contributed by atoms with E-state index in [9.17, 15) is 4.79 Å². The highest BCUT2D eigenvalue weighted by Crippen LogP contribution is 2.37. The fourth-order valence-corrected chi connectivity index (χ4v) is 4.28. The molecule has 2 fully saturated rings. The molecule has 0 aromatic heterocycles. The summed E-state index contributed by atoms with van der Waals surface area (Å²) in [5, 5.41) is 0. The van der Waals surface area contributed by atoms with E-state index in [0.29, 0.717) is 41.1 Å². The number of hydrogen-bond acceptors (Lipinski definition) is 6. The van der Waals surface area contributed by atoms with Gasteiger partial charge in [0.25, 0.3) is 5.91 Å². The second kappa shape index (κ2) is 8.93. The lowest BCUT2D eigenvalue weighted by Gasteiger charge is -2.37. The molecule has 2 aliphatic heterocycles. The number of rotatable bonds is 6. The summed E-state index contributed by atoms with van der Waals surface area (Å²) in [6, 6.07) is 11.4. The van der Waals surface area contributed by atoms with Crippen molar-refractivity contribution in [2.24, 2.45) is 5.73 Å². The molecular formula is C23H29N3O4. The second-order valence-corrected chi connectivity index (χ2v) is 7.74. The maximum Gasteiger partial charge on any atom is 0.254 e. The summed E-state index contributed by atoms with van der Waals surface area (Å²) in [5.41, 5.74) is 7.26. The summed E-state index contributed by atoms with van der Waals surface area (Å²) < 4.78 is 17.0. The highest BCUT2D eigenvalue weighted by atomic mass is 16.5. The maximum atomic E-state index is 13.1. The topological polar surface area (TPSA) is 77.3 Å². The lowest BCUT2D eigenvalue weighted by Crippen LogP contribution is -2.52. The minimum atomic E-state index is 0.0382. The van der Waals surface area contributed by atoms with Crippen LogP contribution in [0.3, 0.4) is 0 Å². The molecule has 7 heteroatoms. The van der Waals surface area contributed by atoms with E-state index in [1.807, 2.05) is 23.1 Å². The molecule has 2 aromatic rings. The maximum absolute atomic E-state index is 13.1. The van der Waals surface area contributed by atoms with Gasteiger partial charge in [-0.3, -0.25) is 9.69 Å². The number of benzene rings is 2. The average molecular weight is 412 g/mol. The van der Waals surface area contributed by atoms with Crippen LogP contribution in [0.4, 0.5) is 0 Å². The van der Waals surface area contributed by atoms with Crippen LogP contribution in [0.5, 0.6) is 23.0 Å². The SMILES string of the molecule is COc1cc(CN)ccc1Oc1ccc(C(=O)N2CCN3CCCC3C2)cc1OC. The summed E-state index contributed by atoms with van der Waals surface area (Å²) in [4.78, 5) is 17.5. The van der Waals surface area contributed by atoms with Gasteiger partial charge in [0.2, 0.25) is 0 Å². The predicted octanol–water partition coefficient (Wildman–Crippen LogP) is 2.88. The first kappa shape index (κ1) is 20.5. The van der Waals surface area contributed by atoms with Crippen molar-refractivity contribution in [3.8, 4) is 23.0 Å². The zero-order chi connectivity index (χ0) is 21.1. The predicted molar refractivity (Wildman–Crippen MR) is 114 cm³/mol. The van der Waals surface area contributed by atoms with Gasteiger partial charge in [-0.05, 0) is 55.3 Å². The Morgan fingerprint density at radius 1 is 1.00 bits per heavy atom.